The summed E-state index contributed by atoms with van der Waals surface area (Å²) in [5.74, 6) is 2.22. The van der Waals surface area contributed by atoms with E-state index in [0.717, 1.165) is 24.4 Å². The quantitative estimate of drug-likeness (QED) is 0.875. The molecule has 0 saturated heterocycles. The molecule has 1 aromatic heterocycles. The monoisotopic (exact) mass is 299 g/mol. The summed E-state index contributed by atoms with van der Waals surface area (Å²) in [4.78, 5) is 0. The van der Waals surface area contributed by atoms with Gasteiger partial charge in [-0.2, -0.15) is 0 Å². The molecule has 0 radical (unpaired) electrons. The van der Waals surface area contributed by atoms with Gasteiger partial charge in [-0.1, -0.05) is 23.2 Å². The Balaban J connectivity index is 1.94. The average Bonchev–Trinajstić information content (AvgIpc) is 2.85. The molecule has 3 nitrogen and oxygen atoms in total. The molecule has 1 heterocycles. The summed E-state index contributed by atoms with van der Waals surface area (Å²) in [6.07, 6.45) is 1.75. The lowest BCUT2D eigenvalue weighted by Gasteiger charge is -2.06. The molecule has 0 unspecified atom stereocenters. The third kappa shape index (κ3) is 4.16. The van der Waals surface area contributed by atoms with Crippen LogP contribution in [0.5, 0.6) is 5.75 Å². The zero-order valence-electron chi connectivity index (χ0n) is 10.4. The Labute approximate surface area is 122 Å². The van der Waals surface area contributed by atoms with Gasteiger partial charge in [0.1, 0.15) is 23.9 Å². The van der Waals surface area contributed by atoms with Crippen molar-refractivity contribution in [1.82, 2.24) is 0 Å². The van der Waals surface area contributed by atoms with Gasteiger partial charge in [-0.15, -0.1) is 0 Å². The van der Waals surface area contributed by atoms with Gasteiger partial charge in [-0.25, -0.2) is 0 Å². The molecule has 0 saturated carbocycles. The van der Waals surface area contributed by atoms with Gasteiger partial charge in [-0.3, -0.25) is 0 Å². The predicted octanol–water partition coefficient (Wildman–Crippen LogP) is 4.06. The van der Waals surface area contributed by atoms with Crippen molar-refractivity contribution in [3.05, 3.63) is 51.9 Å². The summed E-state index contributed by atoms with van der Waals surface area (Å²) in [5, 5.41) is 1.11. The molecule has 0 atom stereocenters. The van der Waals surface area contributed by atoms with Crippen molar-refractivity contribution in [2.75, 3.05) is 6.54 Å². The minimum Gasteiger partial charge on any atom is -0.484 e. The van der Waals surface area contributed by atoms with Crippen LogP contribution < -0.4 is 10.5 Å². The van der Waals surface area contributed by atoms with E-state index in [9.17, 15) is 0 Å². The van der Waals surface area contributed by atoms with Crippen molar-refractivity contribution in [2.45, 2.75) is 19.4 Å². The van der Waals surface area contributed by atoms with E-state index in [4.69, 9.17) is 38.1 Å². The van der Waals surface area contributed by atoms with Crippen molar-refractivity contribution in [3.63, 3.8) is 0 Å². The predicted molar refractivity (Wildman–Crippen MR) is 76.9 cm³/mol. The molecule has 1 aromatic carbocycles. The number of hydrogen-bond acceptors (Lipinski definition) is 3. The highest BCUT2D eigenvalue weighted by atomic mass is 35.5. The topological polar surface area (TPSA) is 48.4 Å². The van der Waals surface area contributed by atoms with Crippen LogP contribution in [0.4, 0.5) is 0 Å². The Morgan fingerprint density at radius 1 is 1.11 bits per heavy atom. The maximum absolute atomic E-state index is 6.01. The summed E-state index contributed by atoms with van der Waals surface area (Å²) in [6.45, 7) is 0.980. The number of benzene rings is 1. The normalized spacial score (nSPS) is 10.7. The molecular formula is C14H15Cl2NO2. The van der Waals surface area contributed by atoms with Crippen LogP contribution in [-0.4, -0.2) is 6.54 Å². The Morgan fingerprint density at radius 2 is 1.89 bits per heavy atom. The van der Waals surface area contributed by atoms with Crippen LogP contribution in [0.2, 0.25) is 10.0 Å². The highest BCUT2D eigenvalue weighted by molar-refractivity contribution is 6.34. The molecule has 0 aliphatic rings. The SMILES string of the molecule is NCCCc1ccc(COc2cc(Cl)ccc2Cl)o1. The number of hydrogen-bond donors (Lipinski definition) is 1. The molecule has 0 fully saturated rings. The van der Waals surface area contributed by atoms with Gasteiger partial charge in [0, 0.05) is 17.5 Å². The summed E-state index contributed by atoms with van der Waals surface area (Å²) >= 11 is 11.9. The maximum atomic E-state index is 6.01. The first kappa shape index (κ1) is 14.3. The Morgan fingerprint density at radius 3 is 2.68 bits per heavy atom. The van der Waals surface area contributed by atoms with E-state index in [1.165, 1.54) is 0 Å². The van der Waals surface area contributed by atoms with Crippen LogP contribution in [-0.2, 0) is 13.0 Å². The summed E-state index contributed by atoms with van der Waals surface area (Å²) in [6, 6.07) is 8.93. The number of furan rings is 1. The zero-order valence-corrected chi connectivity index (χ0v) is 11.9. The summed E-state index contributed by atoms with van der Waals surface area (Å²) in [7, 11) is 0. The Kier molecular flexibility index (Phi) is 5.14. The van der Waals surface area contributed by atoms with Gasteiger partial charge in [0.15, 0.2) is 0 Å². The second-order valence-corrected chi connectivity index (χ2v) is 4.97. The van der Waals surface area contributed by atoms with Gasteiger partial charge < -0.3 is 14.9 Å². The smallest absolute Gasteiger partial charge is 0.146 e. The first-order valence-corrected chi connectivity index (χ1v) is 6.80. The van der Waals surface area contributed by atoms with E-state index in [-0.39, 0.29) is 0 Å². The second kappa shape index (κ2) is 6.85. The lowest BCUT2D eigenvalue weighted by atomic mass is 10.2. The van der Waals surface area contributed by atoms with Gasteiger partial charge >= 0.3 is 0 Å². The Bertz CT molecular complexity index is 540. The van der Waals surface area contributed by atoms with E-state index >= 15 is 0 Å². The van der Waals surface area contributed by atoms with Crippen LogP contribution in [0.25, 0.3) is 0 Å². The summed E-state index contributed by atoms with van der Waals surface area (Å²) in [5.41, 5.74) is 5.46. The fourth-order valence-corrected chi connectivity index (χ4v) is 1.98. The number of halogens is 2. The molecule has 2 N–H and O–H groups in total. The first-order valence-electron chi connectivity index (χ1n) is 6.04. The molecule has 0 amide bonds. The van der Waals surface area contributed by atoms with E-state index < -0.39 is 0 Å². The fourth-order valence-electron chi connectivity index (χ4n) is 1.65. The molecule has 2 rings (SSSR count). The van der Waals surface area contributed by atoms with Crippen molar-refractivity contribution in [2.24, 2.45) is 5.73 Å². The van der Waals surface area contributed by atoms with Crippen LogP contribution >= 0.6 is 23.2 Å². The van der Waals surface area contributed by atoms with Crippen LogP contribution in [0.15, 0.2) is 34.7 Å². The van der Waals surface area contributed by atoms with Gasteiger partial charge in [0.2, 0.25) is 0 Å². The average molecular weight is 300 g/mol. The minimum absolute atomic E-state index is 0.322. The minimum atomic E-state index is 0.322. The number of nitrogens with two attached hydrogens (primary N) is 1. The van der Waals surface area contributed by atoms with Crippen molar-refractivity contribution < 1.29 is 9.15 Å². The molecule has 19 heavy (non-hydrogen) atoms. The van der Waals surface area contributed by atoms with Crippen molar-refractivity contribution in [1.29, 1.82) is 0 Å². The molecule has 0 bridgehead atoms. The van der Waals surface area contributed by atoms with Crippen molar-refractivity contribution >= 4 is 23.2 Å². The highest BCUT2D eigenvalue weighted by Gasteiger charge is 2.06. The molecule has 2 aromatic rings. The van der Waals surface area contributed by atoms with Crippen LogP contribution in [0.1, 0.15) is 17.9 Å². The standard InChI is InChI=1S/C14H15Cl2NO2/c15-10-3-6-13(16)14(8-10)18-9-12-5-4-11(19-12)2-1-7-17/h3-6,8H,1-2,7,9,17H2. The molecule has 0 aliphatic heterocycles. The Hall–Kier alpha value is -1.16. The fraction of sp³-hybridized carbons (Fsp3) is 0.286. The number of rotatable bonds is 6. The van der Waals surface area contributed by atoms with Gasteiger partial charge in [0.25, 0.3) is 0 Å². The molecule has 102 valence electrons. The molecular weight excluding hydrogens is 285 g/mol. The van der Waals surface area contributed by atoms with E-state index in [0.29, 0.717) is 28.9 Å². The van der Waals surface area contributed by atoms with Crippen molar-refractivity contribution in [3.8, 4) is 5.75 Å². The van der Waals surface area contributed by atoms with Crippen LogP contribution in [0.3, 0.4) is 0 Å². The van der Waals surface area contributed by atoms with Gasteiger partial charge in [0.05, 0.1) is 5.02 Å². The molecule has 0 aliphatic carbocycles. The largest absolute Gasteiger partial charge is 0.484 e. The third-order valence-corrected chi connectivity index (χ3v) is 3.16. The lowest BCUT2D eigenvalue weighted by Crippen LogP contribution is -1.99. The zero-order chi connectivity index (χ0) is 13.7. The van der Waals surface area contributed by atoms with E-state index in [2.05, 4.69) is 0 Å². The third-order valence-electron chi connectivity index (χ3n) is 2.61. The lowest BCUT2D eigenvalue weighted by molar-refractivity contribution is 0.266. The van der Waals surface area contributed by atoms with E-state index in [1.807, 2.05) is 12.1 Å². The highest BCUT2D eigenvalue weighted by Crippen LogP contribution is 2.28. The van der Waals surface area contributed by atoms with E-state index in [1.54, 1.807) is 18.2 Å². The maximum Gasteiger partial charge on any atom is 0.146 e. The molecule has 5 heteroatoms. The number of aryl methyl sites for hydroxylation is 1. The van der Waals surface area contributed by atoms with Crippen LogP contribution in [0, 0.1) is 0 Å². The number of ether oxygens (including phenoxy) is 1. The second-order valence-electron chi connectivity index (χ2n) is 4.12. The van der Waals surface area contributed by atoms with Gasteiger partial charge in [-0.05, 0) is 37.2 Å². The summed E-state index contributed by atoms with van der Waals surface area (Å²) < 4.78 is 11.2. The first-order chi connectivity index (χ1) is 9.19. The molecule has 0 spiro atoms.